The Balaban J connectivity index is 1.78. The van der Waals surface area contributed by atoms with Crippen LogP contribution in [0.4, 0.5) is 10.1 Å². The van der Waals surface area contributed by atoms with E-state index in [1.54, 1.807) is 12.1 Å². The van der Waals surface area contributed by atoms with Crippen LogP contribution in [0.5, 0.6) is 0 Å². The van der Waals surface area contributed by atoms with Crippen molar-refractivity contribution in [2.24, 2.45) is 5.73 Å². The third-order valence-electron chi connectivity index (χ3n) is 5.29. The van der Waals surface area contributed by atoms with E-state index in [-0.39, 0.29) is 23.2 Å². The van der Waals surface area contributed by atoms with Gasteiger partial charge in [-0.25, -0.2) is 14.2 Å². The predicted octanol–water partition coefficient (Wildman–Crippen LogP) is 1.87. The Morgan fingerprint density at radius 3 is 2.63 bits per heavy atom. The van der Waals surface area contributed by atoms with Gasteiger partial charge in [0, 0.05) is 42.8 Å². The number of carboxylic acids is 1. The van der Waals surface area contributed by atoms with Crippen molar-refractivity contribution in [3.05, 3.63) is 46.0 Å². The maximum Gasteiger partial charge on any atom is 0.341 e. The smallest absolute Gasteiger partial charge is 0.341 e. The van der Waals surface area contributed by atoms with E-state index >= 15 is 0 Å². The molecule has 1 aromatic carbocycles. The third kappa shape index (κ3) is 2.48. The summed E-state index contributed by atoms with van der Waals surface area (Å²) in [7, 11) is 0. The second kappa shape index (κ2) is 5.50. The Hall–Kier alpha value is -3.00. The van der Waals surface area contributed by atoms with Crippen molar-refractivity contribution in [1.82, 2.24) is 9.55 Å². The molecule has 1 saturated carbocycles. The van der Waals surface area contributed by atoms with Gasteiger partial charge < -0.3 is 20.3 Å². The normalized spacial score (nSPS) is 17.5. The molecule has 1 aliphatic heterocycles. The van der Waals surface area contributed by atoms with Gasteiger partial charge in [-0.3, -0.25) is 4.79 Å². The van der Waals surface area contributed by atoms with Crippen LogP contribution in [0.25, 0.3) is 21.9 Å². The van der Waals surface area contributed by atoms with Crippen LogP contribution in [0, 0.1) is 5.82 Å². The van der Waals surface area contributed by atoms with Crippen LogP contribution in [0.1, 0.15) is 29.2 Å². The van der Waals surface area contributed by atoms with E-state index in [4.69, 9.17) is 5.73 Å². The van der Waals surface area contributed by atoms with Crippen LogP contribution in [-0.2, 0) is 0 Å². The molecular formula is C19H17FN4O3. The zero-order valence-electron chi connectivity index (χ0n) is 14.4. The number of carboxylic acid groups (broad SMARTS) is 1. The first-order valence-corrected chi connectivity index (χ1v) is 8.85. The van der Waals surface area contributed by atoms with E-state index in [1.165, 1.54) is 12.3 Å². The summed E-state index contributed by atoms with van der Waals surface area (Å²) >= 11 is 0. The second-order valence-corrected chi connectivity index (χ2v) is 7.33. The van der Waals surface area contributed by atoms with Gasteiger partial charge in [0.15, 0.2) is 0 Å². The zero-order chi connectivity index (χ0) is 18.9. The third-order valence-corrected chi connectivity index (χ3v) is 5.29. The lowest BCUT2D eigenvalue weighted by atomic mass is 10.1. The number of nitrogens with zero attached hydrogens (tertiary/aromatic N) is 3. The fourth-order valence-corrected chi connectivity index (χ4v) is 3.69. The van der Waals surface area contributed by atoms with Gasteiger partial charge in [-0.15, -0.1) is 0 Å². The minimum Gasteiger partial charge on any atom is -0.477 e. The first kappa shape index (κ1) is 16.2. The molecule has 0 unspecified atom stereocenters. The van der Waals surface area contributed by atoms with Gasteiger partial charge in [0.1, 0.15) is 16.9 Å². The highest BCUT2D eigenvalue weighted by molar-refractivity contribution is 5.96. The quantitative estimate of drug-likeness (QED) is 0.685. The summed E-state index contributed by atoms with van der Waals surface area (Å²) in [6.45, 7) is 1.19. The topological polar surface area (TPSA) is 101 Å². The summed E-state index contributed by atoms with van der Waals surface area (Å²) < 4.78 is 16.4. The minimum absolute atomic E-state index is 0.0457. The number of nitrogens with two attached hydrogens (primary N) is 1. The molecule has 7 nitrogen and oxygen atoms in total. The largest absolute Gasteiger partial charge is 0.477 e. The van der Waals surface area contributed by atoms with Gasteiger partial charge in [0.25, 0.3) is 0 Å². The molecule has 0 amide bonds. The van der Waals surface area contributed by atoms with Crippen LogP contribution in [0.2, 0.25) is 0 Å². The molecule has 27 heavy (non-hydrogen) atoms. The van der Waals surface area contributed by atoms with Gasteiger partial charge in [-0.1, -0.05) is 0 Å². The number of anilines is 1. The van der Waals surface area contributed by atoms with Crippen LogP contribution >= 0.6 is 0 Å². The molecule has 1 saturated heterocycles. The number of hydrogen-bond acceptors (Lipinski definition) is 5. The lowest BCUT2D eigenvalue weighted by Crippen LogP contribution is -2.56. The summed E-state index contributed by atoms with van der Waals surface area (Å²) in [6, 6.07) is 5.02. The van der Waals surface area contributed by atoms with Crippen LogP contribution < -0.4 is 16.1 Å². The van der Waals surface area contributed by atoms with Crippen molar-refractivity contribution in [3.63, 3.8) is 0 Å². The lowest BCUT2D eigenvalue weighted by molar-refractivity contribution is 0.0695. The van der Waals surface area contributed by atoms with Gasteiger partial charge >= 0.3 is 5.97 Å². The highest BCUT2D eigenvalue weighted by Gasteiger charge is 2.28. The SMILES string of the molecule is NC1CN(c2cc3cc4c(nc3cc2F)c(=O)c(C(=O)O)cn4C2CC2)C1. The number of fused-ring (bicyclic) bond motifs is 2. The second-order valence-electron chi connectivity index (χ2n) is 7.33. The summed E-state index contributed by atoms with van der Waals surface area (Å²) in [5, 5.41) is 10.0. The van der Waals surface area contributed by atoms with Crippen molar-refractivity contribution < 1.29 is 14.3 Å². The molecule has 2 fully saturated rings. The van der Waals surface area contributed by atoms with Crippen molar-refractivity contribution in [2.75, 3.05) is 18.0 Å². The molecule has 0 radical (unpaired) electrons. The number of aromatic nitrogens is 2. The molecule has 0 spiro atoms. The molecule has 1 aliphatic carbocycles. The van der Waals surface area contributed by atoms with Gasteiger partial charge in [-0.05, 0) is 25.0 Å². The van der Waals surface area contributed by atoms with Gasteiger partial charge in [0.05, 0.1) is 16.7 Å². The minimum atomic E-state index is -1.28. The van der Waals surface area contributed by atoms with Crippen molar-refractivity contribution in [1.29, 1.82) is 0 Å². The Labute approximate surface area is 152 Å². The van der Waals surface area contributed by atoms with Crippen LogP contribution in [-0.4, -0.2) is 39.8 Å². The summed E-state index contributed by atoms with van der Waals surface area (Å²) in [6.07, 6.45) is 3.25. The van der Waals surface area contributed by atoms with E-state index in [9.17, 15) is 19.1 Å². The Kier molecular flexibility index (Phi) is 3.30. The first-order chi connectivity index (χ1) is 12.9. The molecule has 138 valence electrons. The molecule has 5 rings (SSSR count). The molecule has 2 aliphatic rings. The standard InChI is InChI=1S/C19H17FN4O3/c20-13-5-14-9(3-15(13)23-6-10(21)7-23)4-16-17(22-14)18(25)12(19(26)27)8-24(16)11-1-2-11/h3-5,8,10-11H,1-2,6-7,21H2,(H,26,27). The molecule has 3 aromatic rings. The zero-order valence-corrected chi connectivity index (χ0v) is 14.4. The number of rotatable bonds is 3. The maximum atomic E-state index is 14.5. The molecule has 3 N–H and O–H groups in total. The van der Waals surface area contributed by atoms with Gasteiger partial charge in [-0.2, -0.15) is 0 Å². The van der Waals surface area contributed by atoms with Crippen molar-refractivity contribution in [2.45, 2.75) is 24.9 Å². The lowest BCUT2D eigenvalue weighted by Gasteiger charge is -2.39. The van der Waals surface area contributed by atoms with E-state index in [0.29, 0.717) is 35.2 Å². The van der Waals surface area contributed by atoms with Crippen molar-refractivity contribution >= 4 is 33.6 Å². The fourth-order valence-electron chi connectivity index (χ4n) is 3.69. The highest BCUT2D eigenvalue weighted by Crippen LogP contribution is 2.37. The summed E-state index contributed by atoms with van der Waals surface area (Å²) in [5.41, 5.74) is 6.28. The van der Waals surface area contributed by atoms with E-state index in [2.05, 4.69) is 4.98 Å². The maximum absolute atomic E-state index is 14.5. The van der Waals surface area contributed by atoms with Crippen molar-refractivity contribution in [3.8, 4) is 0 Å². The first-order valence-electron chi connectivity index (χ1n) is 8.85. The fraction of sp³-hybridized carbons (Fsp3) is 0.316. The summed E-state index contributed by atoms with van der Waals surface area (Å²) in [5.74, 6) is -1.72. The molecule has 0 bridgehead atoms. The number of benzene rings is 1. The van der Waals surface area contributed by atoms with Crippen LogP contribution in [0.3, 0.4) is 0 Å². The predicted molar refractivity (Wildman–Crippen MR) is 98.9 cm³/mol. The number of carbonyl (C=O) groups is 1. The highest BCUT2D eigenvalue weighted by atomic mass is 19.1. The summed E-state index contributed by atoms with van der Waals surface area (Å²) in [4.78, 5) is 30.2. The van der Waals surface area contributed by atoms with E-state index < -0.39 is 17.2 Å². The average molecular weight is 368 g/mol. The average Bonchev–Trinajstić information content (AvgIpc) is 3.42. The monoisotopic (exact) mass is 368 g/mol. The molecular weight excluding hydrogens is 351 g/mol. The van der Waals surface area contributed by atoms with Crippen LogP contribution in [0.15, 0.2) is 29.2 Å². The Morgan fingerprint density at radius 2 is 2.00 bits per heavy atom. The van der Waals surface area contributed by atoms with E-state index in [0.717, 1.165) is 12.8 Å². The molecule has 8 heteroatoms. The molecule has 0 atom stereocenters. The number of halogens is 1. The number of aromatic carboxylic acids is 1. The molecule has 2 aromatic heterocycles. The van der Waals surface area contributed by atoms with E-state index in [1.807, 2.05) is 9.47 Å². The Morgan fingerprint density at radius 1 is 1.26 bits per heavy atom. The number of pyridine rings is 2. The number of hydrogen-bond donors (Lipinski definition) is 2. The Bertz CT molecular complexity index is 1180. The molecule has 3 heterocycles. The van der Waals surface area contributed by atoms with Gasteiger partial charge in [0.2, 0.25) is 5.43 Å².